The highest BCUT2D eigenvalue weighted by Crippen LogP contribution is 2.33. The molecule has 7 nitrogen and oxygen atoms in total. The summed E-state index contributed by atoms with van der Waals surface area (Å²) in [5.74, 6) is 0.163. The summed E-state index contributed by atoms with van der Waals surface area (Å²) in [5.41, 5.74) is 1.63. The van der Waals surface area contributed by atoms with Gasteiger partial charge in [-0.05, 0) is 35.9 Å². The molecule has 144 valence electrons. The molecule has 0 saturated carbocycles. The van der Waals surface area contributed by atoms with Gasteiger partial charge in [-0.3, -0.25) is 14.3 Å². The first-order chi connectivity index (χ1) is 13.9. The first kappa shape index (κ1) is 17.3. The van der Waals surface area contributed by atoms with Gasteiger partial charge in [0.05, 0.1) is 12.6 Å². The van der Waals surface area contributed by atoms with Crippen molar-refractivity contribution in [2.24, 2.45) is 0 Å². The number of halogens is 3. The maximum Gasteiger partial charge on any atom is 0.433 e. The van der Waals surface area contributed by atoms with E-state index in [1.54, 1.807) is 18.2 Å². The lowest BCUT2D eigenvalue weighted by atomic mass is 10.1. The summed E-state index contributed by atoms with van der Waals surface area (Å²) in [4.78, 5) is 28.2. The molecule has 1 aliphatic heterocycles. The molecule has 0 fully saturated rings. The lowest BCUT2D eigenvalue weighted by molar-refractivity contribution is -0.141. The molecule has 1 N–H and O–H groups in total. The van der Waals surface area contributed by atoms with Crippen molar-refractivity contribution in [3.8, 4) is 17.2 Å². The fourth-order valence-corrected chi connectivity index (χ4v) is 3.30. The molecule has 0 unspecified atom stereocenters. The number of nitrogens with one attached hydrogen (secondary N) is 1. The topological polar surface area (TPSA) is 85.6 Å². The lowest BCUT2D eigenvalue weighted by Gasteiger charge is -2.11. The van der Waals surface area contributed by atoms with Crippen LogP contribution in [0, 0.1) is 0 Å². The number of hydrogen-bond acceptors (Lipinski definition) is 5. The molecule has 5 rings (SSSR count). The molecular formula is C19H11F3N6O. The minimum Gasteiger partial charge on any atom is -0.326 e. The smallest absolute Gasteiger partial charge is 0.326 e. The van der Waals surface area contributed by atoms with Crippen molar-refractivity contribution in [1.82, 2.24) is 24.5 Å². The van der Waals surface area contributed by atoms with Gasteiger partial charge in [0.15, 0.2) is 11.5 Å². The summed E-state index contributed by atoms with van der Waals surface area (Å²) < 4.78 is 41.2. The first-order valence-electron chi connectivity index (χ1n) is 8.56. The number of fused-ring (bicyclic) bond motifs is 2. The third-order valence-corrected chi connectivity index (χ3v) is 4.56. The minimum absolute atomic E-state index is 0.0395. The number of imidazole rings is 1. The summed E-state index contributed by atoms with van der Waals surface area (Å²) in [6.07, 6.45) is 0.0324. The second-order valence-electron chi connectivity index (χ2n) is 6.46. The summed E-state index contributed by atoms with van der Waals surface area (Å²) in [5, 5.41) is 2.73. The molecule has 0 saturated heterocycles. The Morgan fingerprint density at radius 1 is 1.07 bits per heavy atom. The molecule has 4 aromatic rings. The molecule has 10 heteroatoms. The van der Waals surface area contributed by atoms with E-state index >= 15 is 0 Å². The van der Waals surface area contributed by atoms with Gasteiger partial charge in [-0.15, -0.1) is 0 Å². The third kappa shape index (κ3) is 2.89. The number of pyridine rings is 1. The van der Waals surface area contributed by atoms with E-state index in [4.69, 9.17) is 0 Å². The van der Waals surface area contributed by atoms with Gasteiger partial charge in [-0.25, -0.2) is 15.0 Å². The Morgan fingerprint density at radius 3 is 2.69 bits per heavy atom. The third-order valence-electron chi connectivity index (χ3n) is 4.56. The quantitative estimate of drug-likeness (QED) is 0.561. The maximum atomic E-state index is 13.2. The summed E-state index contributed by atoms with van der Waals surface area (Å²) >= 11 is 0. The number of nitrogens with zero attached hydrogens (tertiary/aromatic N) is 5. The van der Waals surface area contributed by atoms with E-state index in [0.29, 0.717) is 22.9 Å². The Labute approximate surface area is 161 Å². The van der Waals surface area contributed by atoms with Crippen LogP contribution in [0.25, 0.3) is 28.4 Å². The molecule has 0 bridgehead atoms. The monoisotopic (exact) mass is 396 g/mol. The molecule has 3 aromatic heterocycles. The van der Waals surface area contributed by atoms with Crippen molar-refractivity contribution in [2.45, 2.75) is 12.6 Å². The molecule has 0 aliphatic carbocycles. The van der Waals surface area contributed by atoms with Gasteiger partial charge in [0, 0.05) is 23.8 Å². The maximum absolute atomic E-state index is 13.2. The number of benzene rings is 1. The zero-order valence-corrected chi connectivity index (χ0v) is 14.6. The van der Waals surface area contributed by atoms with Crippen LogP contribution < -0.4 is 5.32 Å². The second-order valence-corrected chi connectivity index (χ2v) is 6.46. The summed E-state index contributed by atoms with van der Waals surface area (Å²) in [6.45, 7) is 0. The highest BCUT2D eigenvalue weighted by molar-refractivity contribution is 5.99. The first-order valence-corrected chi connectivity index (χ1v) is 8.56. The number of anilines is 1. The van der Waals surface area contributed by atoms with E-state index in [-0.39, 0.29) is 23.5 Å². The van der Waals surface area contributed by atoms with Crippen LogP contribution >= 0.6 is 0 Å². The summed E-state index contributed by atoms with van der Waals surface area (Å²) in [6, 6.07) is 7.30. The van der Waals surface area contributed by atoms with E-state index in [1.807, 2.05) is 0 Å². The standard InChI is InChI=1S/C19H11F3N6O/c20-19(21,22)15-4-3-13-17(27-15)28(18(26-13)14-9-23-5-6-24-14)11-1-2-12-10(7-11)8-16(29)25-12/h1-7,9H,8H2,(H,25,29). The van der Waals surface area contributed by atoms with Crippen LogP contribution in [0.1, 0.15) is 11.3 Å². The number of hydrogen-bond donors (Lipinski definition) is 1. The molecule has 1 aromatic carbocycles. The van der Waals surface area contributed by atoms with Gasteiger partial charge < -0.3 is 5.32 Å². The Kier molecular flexibility index (Phi) is 3.63. The van der Waals surface area contributed by atoms with Crippen LogP contribution in [0.5, 0.6) is 0 Å². The van der Waals surface area contributed by atoms with Crippen molar-refractivity contribution in [3.63, 3.8) is 0 Å². The van der Waals surface area contributed by atoms with E-state index in [1.165, 1.54) is 29.2 Å². The van der Waals surface area contributed by atoms with E-state index in [9.17, 15) is 18.0 Å². The van der Waals surface area contributed by atoms with Gasteiger partial charge in [-0.1, -0.05) is 0 Å². The SMILES string of the molecule is O=C1Cc2cc(-n3c(-c4cnccn4)nc4ccc(C(F)(F)F)nc43)ccc2N1. The van der Waals surface area contributed by atoms with Crippen molar-refractivity contribution >= 4 is 22.8 Å². The molecule has 1 aliphatic rings. The van der Waals surface area contributed by atoms with Crippen LogP contribution in [0.15, 0.2) is 48.9 Å². The zero-order valence-electron chi connectivity index (χ0n) is 14.6. The van der Waals surface area contributed by atoms with Crippen LogP contribution in [-0.2, 0) is 17.4 Å². The average molecular weight is 396 g/mol. The predicted molar refractivity (Wildman–Crippen MR) is 97.2 cm³/mol. The summed E-state index contributed by atoms with van der Waals surface area (Å²) in [7, 11) is 0. The molecule has 0 radical (unpaired) electrons. The highest BCUT2D eigenvalue weighted by atomic mass is 19.4. The Morgan fingerprint density at radius 2 is 1.93 bits per heavy atom. The molecular weight excluding hydrogens is 385 g/mol. The van der Waals surface area contributed by atoms with Crippen molar-refractivity contribution in [2.75, 3.05) is 5.32 Å². The van der Waals surface area contributed by atoms with E-state index < -0.39 is 11.9 Å². The Balaban J connectivity index is 1.79. The van der Waals surface area contributed by atoms with Crippen LogP contribution in [0.4, 0.5) is 18.9 Å². The predicted octanol–water partition coefficient (Wildman–Crippen LogP) is 3.39. The molecule has 0 atom stereocenters. The minimum atomic E-state index is -4.59. The number of amides is 1. The van der Waals surface area contributed by atoms with E-state index in [0.717, 1.165) is 11.6 Å². The van der Waals surface area contributed by atoms with Crippen molar-refractivity contribution < 1.29 is 18.0 Å². The fraction of sp³-hybridized carbons (Fsp3) is 0.105. The molecule has 0 spiro atoms. The zero-order chi connectivity index (χ0) is 20.2. The molecule has 1 amide bonds. The van der Waals surface area contributed by atoms with E-state index in [2.05, 4.69) is 25.3 Å². The highest BCUT2D eigenvalue weighted by Gasteiger charge is 2.33. The van der Waals surface area contributed by atoms with Gasteiger partial charge in [0.1, 0.15) is 16.9 Å². The van der Waals surface area contributed by atoms with Crippen molar-refractivity contribution in [3.05, 3.63) is 60.2 Å². The average Bonchev–Trinajstić information content (AvgIpc) is 3.26. The van der Waals surface area contributed by atoms with Gasteiger partial charge in [0.25, 0.3) is 0 Å². The number of carbonyl (C=O) groups is 1. The number of aromatic nitrogens is 5. The largest absolute Gasteiger partial charge is 0.433 e. The number of rotatable bonds is 2. The fourth-order valence-electron chi connectivity index (χ4n) is 3.30. The Bertz CT molecular complexity index is 1270. The van der Waals surface area contributed by atoms with Crippen molar-refractivity contribution in [1.29, 1.82) is 0 Å². The number of carbonyl (C=O) groups excluding carboxylic acids is 1. The van der Waals surface area contributed by atoms with Crippen LogP contribution in [-0.4, -0.2) is 30.4 Å². The normalized spacial score (nSPS) is 13.6. The molecule has 4 heterocycles. The number of alkyl halides is 3. The molecule has 29 heavy (non-hydrogen) atoms. The lowest BCUT2D eigenvalue weighted by Crippen LogP contribution is -2.09. The van der Waals surface area contributed by atoms with Gasteiger partial charge >= 0.3 is 6.18 Å². The van der Waals surface area contributed by atoms with Crippen LogP contribution in [0.3, 0.4) is 0 Å². The Hall–Kier alpha value is -3.82. The van der Waals surface area contributed by atoms with Crippen LogP contribution in [0.2, 0.25) is 0 Å². The second kappa shape index (κ2) is 6.09. The van der Waals surface area contributed by atoms with Gasteiger partial charge in [-0.2, -0.15) is 13.2 Å². The van der Waals surface area contributed by atoms with Gasteiger partial charge in [0.2, 0.25) is 5.91 Å².